The maximum absolute atomic E-state index is 11.0. The lowest BCUT2D eigenvalue weighted by Gasteiger charge is -2.03. The maximum Gasteiger partial charge on any atom is 0.248 e. The summed E-state index contributed by atoms with van der Waals surface area (Å²) in [5.41, 5.74) is 2.89. The van der Waals surface area contributed by atoms with Crippen molar-refractivity contribution < 1.29 is 4.79 Å². The first-order valence-corrected chi connectivity index (χ1v) is 4.50. The van der Waals surface area contributed by atoms with Crippen LogP contribution in [0.2, 0.25) is 0 Å². The van der Waals surface area contributed by atoms with Crippen LogP contribution in [0.25, 0.3) is 0 Å². The molecule has 0 aromatic heterocycles. The number of carbonyl (C=O) groups excluding carboxylic acids is 1. The van der Waals surface area contributed by atoms with Gasteiger partial charge in [0.15, 0.2) is 0 Å². The summed E-state index contributed by atoms with van der Waals surface area (Å²) < 4.78 is 0. The van der Waals surface area contributed by atoms with Crippen molar-refractivity contribution in [1.82, 2.24) is 5.32 Å². The molecule has 0 saturated carbocycles. The first-order chi connectivity index (χ1) is 6.75. The van der Waals surface area contributed by atoms with Gasteiger partial charge < -0.3 is 5.32 Å². The van der Waals surface area contributed by atoms with Gasteiger partial charge in [0, 0.05) is 11.8 Å². The molecule has 70 valence electrons. The van der Waals surface area contributed by atoms with Gasteiger partial charge in [0.05, 0.1) is 0 Å². The molecule has 0 unspecified atom stereocenters. The van der Waals surface area contributed by atoms with Gasteiger partial charge in [-0.25, -0.2) is 0 Å². The number of hydrogen-bond acceptors (Lipinski definition) is 1. The predicted octanol–water partition coefficient (Wildman–Crippen LogP) is 1.80. The predicted molar refractivity (Wildman–Crippen MR) is 55.5 cm³/mol. The smallest absolute Gasteiger partial charge is 0.248 e. The molecular weight excluding hydrogens is 174 g/mol. The Balaban J connectivity index is 2.16. The quantitative estimate of drug-likeness (QED) is 0.747. The average molecular weight is 185 g/mol. The van der Waals surface area contributed by atoms with Crippen molar-refractivity contribution in [2.45, 2.75) is 6.42 Å². The van der Waals surface area contributed by atoms with Crippen molar-refractivity contribution in [2.75, 3.05) is 0 Å². The van der Waals surface area contributed by atoms with E-state index in [0.717, 1.165) is 17.7 Å². The summed E-state index contributed by atoms with van der Waals surface area (Å²) in [5.74, 6) is -0.0686. The minimum Gasteiger partial charge on any atom is -0.323 e. The maximum atomic E-state index is 11.0. The second kappa shape index (κ2) is 3.50. The Labute approximate surface area is 82.9 Å². The summed E-state index contributed by atoms with van der Waals surface area (Å²) in [6, 6.07) is 10.0. The van der Waals surface area contributed by atoms with E-state index in [1.54, 1.807) is 6.08 Å². The molecule has 2 rings (SSSR count). The molecule has 0 atom stereocenters. The van der Waals surface area contributed by atoms with Crippen molar-refractivity contribution in [1.29, 1.82) is 0 Å². The van der Waals surface area contributed by atoms with Crippen molar-refractivity contribution >= 4 is 5.91 Å². The summed E-state index contributed by atoms with van der Waals surface area (Å²) in [6.45, 7) is 3.78. The van der Waals surface area contributed by atoms with Crippen LogP contribution in [0, 0.1) is 0 Å². The molecule has 0 aliphatic carbocycles. The topological polar surface area (TPSA) is 29.1 Å². The van der Waals surface area contributed by atoms with E-state index in [4.69, 9.17) is 0 Å². The van der Waals surface area contributed by atoms with Crippen LogP contribution < -0.4 is 5.32 Å². The van der Waals surface area contributed by atoms with Gasteiger partial charge >= 0.3 is 0 Å². The number of hydrogen-bond donors (Lipinski definition) is 1. The Morgan fingerprint density at radius 3 is 2.50 bits per heavy atom. The largest absolute Gasteiger partial charge is 0.323 e. The number of nitrogens with one attached hydrogen (secondary N) is 1. The Bertz CT molecular complexity index is 404. The molecule has 2 nitrogen and oxygen atoms in total. The highest BCUT2D eigenvalue weighted by Gasteiger charge is 2.14. The van der Waals surface area contributed by atoms with Crippen LogP contribution in [-0.2, 0) is 11.2 Å². The fourth-order valence-electron chi connectivity index (χ4n) is 1.48. The van der Waals surface area contributed by atoms with Crippen molar-refractivity contribution in [3.05, 3.63) is 59.8 Å². The monoisotopic (exact) mass is 185 g/mol. The SMILES string of the molecule is C=C1NC(=O)C=C1Cc1ccccc1. The highest BCUT2D eigenvalue weighted by molar-refractivity contribution is 5.94. The summed E-state index contributed by atoms with van der Waals surface area (Å²) in [7, 11) is 0. The van der Waals surface area contributed by atoms with Crippen LogP contribution in [0.5, 0.6) is 0 Å². The molecule has 2 heteroatoms. The first-order valence-electron chi connectivity index (χ1n) is 4.50. The first kappa shape index (κ1) is 8.75. The fraction of sp³-hybridized carbons (Fsp3) is 0.0833. The van der Waals surface area contributed by atoms with Gasteiger partial charge in [0.25, 0.3) is 0 Å². The zero-order chi connectivity index (χ0) is 9.97. The van der Waals surface area contributed by atoms with E-state index < -0.39 is 0 Å². The van der Waals surface area contributed by atoms with E-state index in [1.807, 2.05) is 30.3 Å². The van der Waals surface area contributed by atoms with Crippen LogP contribution in [0.15, 0.2) is 54.3 Å². The van der Waals surface area contributed by atoms with E-state index >= 15 is 0 Å². The van der Waals surface area contributed by atoms with E-state index in [-0.39, 0.29) is 5.91 Å². The number of rotatable bonds is 2. The molecule has 1 aromatic carbocycles. The summed E-state index contributed by atoms with van der Waals surface area (Å²) in [5, 5.41) is 2.66. The Morgan fingerprint density at radius 2 is 1.93 bits per heavy atom. The lowest BCUT2D eigenvalue weighted by Crippen LogP contribution is -2.12. The van der Waals surface area contributed by atoms with Crippen LogP contribution in [0.1, 0.15) is 5.56 Å². The van der Waals surface area contributed by atoms with Gasteiger partial charge in [0.2, 0.25) is 5.91 Å². The molecular formula is C12H11NO. The summed E-state index contributed by atoms with van der Waals surface area (Å²) >= 11 is 0. The lowest BCUT2D eigenvalue weighted by molar-refractivity contribution is -0.115. The number of allylic oxidation sites excluding steroid dienone is 1. The van der Waals surface area contributed by atoms with Crippen molar-refractivity contribution in [3.63, 3.8) is 0 Å². The molecule has 1 amide bonds. The molecule has 1 heterocycles. The van der Waals surface area contributed by atoms with Crippen molar-refractivity contribution in [3.8, 4) is 0 Å². The Morgan fingerprint density at radius 1 is 1.21 bits per heavy atom. The summed E-state index contributed by atoms with van der Waals surface area (Å²) in [4.78, 5) is 11.0. The zero-order valence-electron chi connectivity index (χ0n) is 7.79. The van der Waals surface area contributed by atoms with Crippen LogP contribution in [-0.4, -0.2) is 5.91 Å². The molecule has 0 radical (unpaired) electrons. The molecule has 14 heavy (non-hydrogen) atoms. The minimum atomic E-state index is -0.0686. The second-order valence-electron chi connectivity index (χ2n) is 3.30. The molecule has 1 aliphatic rings. The van der Waals surface area contributed by atoms with E-state index in [9.17, 15) is 4.79 Å². The highest BCUT2D eigenvalue weighted by atomic mass is 16.1. The van der Waals surface area contributed by atoms with Crippen LogP contribution >= 0.6 is 0 Å². The standard InChI is InChI=1S/C12H11NO/c1-9-11(8-12(14)13-9)7-10-5-3-2-4-6-10/h2-6,8H,1,7H2,(H,13,14). The molecule has 1 aromatic rings. The van der Waals surface area contributed by atoms with Gasteiger partial charge in [0.1, 0.15) is 0 Å². The average Bonchev–Trinajstić information content (AvgIpc) is 2.47. The number of carbonyl (C=O) groups is 1. The third-order valence-corrected chi connectivity index (χ3v) is 2.20. The lowest BCUT2D eigenvalue weighted by atomic mass is 10.0. The molecule has 0 saturated heterocycles. The number of amides is 1. The third kappa shape index (κ3) is 1.74. The van der Waals surface area contributed by atoms with Gasteiger partial charge in [-0.15, -0.1) is 0 Å². The van der Waals surface area contributed by atoms with Crippen molar-refractivity contribution in [2.24, 2.45) is 0 Å². The van der Waals surface area contributed by atoms with Crippen LogP contribution in [0.3, 0.4) is 0 Å². The van der Waals surface area contributed by atoms with Crippen LogP contribution in [0.4, 0.5) is 0 Å². The van der Waals surface area contributed by atoms with Gasteiger partial charge in [-0.05, 0) is 17.6 Å². The third-order valence-electron chi connectivity index (χ3n) is 2.20. The van der Waals surface area contributed by atoms with E-state index in [2.05, 4.69) is 11.9 Å². The van der Waals surface area contributed by atoms with E-state index in [1.165, 1.54) is 5.56 Å². The van der Waals surface area contributed by atoms with Gasteiger partial charge in [-0.1, -0.05) is 36.9 Å². The summed E-state index contributed by atoms with van der Waals surface area (Å²) in [6.07, 6.45) is 2.37. The van der Waals surface area contributed by atoms with Gasteiger partial charge in [-0.2, -0.15) is 0 Å². The highest BCUT2D eigenvalue weighted by Crippen LogP contribution is 2.16. The normalized spacial score (nSPS) is 15.3. The molecule has 1 N–H and O–H groups in total. The zero-order valence-corrected chi connectivity index (χ0v) is 7.79. The van der Waals surface area contributed by atoms with E-state index in [0.29, 0.717) is 0 Å². The molecule has 1 aliphatic heterocycles. The molecule has 0 fully saturated rings. The second-order valence-corrected chi connectivity index (χ2v) is 3.30. The minimum absolute atomic E-state index is 0.0686. The molecule has 0 bridgehead atoms. The molecule has 0 spiro atoms. The number of benzene rings is 1. The Hall–Kier alpha value is -1.83. The van der Waals surface area contributed by atoms with Gasteiger partial charge in [-0.3, -0.25) is 4.79 Å². The Kier molecular flexibility index (Phi) is 2.19. The fourth-order valence-corrected chi connectivity index (χ4v) is 1.48.